The Bertz CT molecular complexity index is 1170. The van der Waals surface area contributed by atoms with Gasteiger partial charge in [0.1, 0.15) is 11.5 Å². The molecule has 7 nitrogen and oxygen atoms in total. The van der Waals surface area contributed by atoms with Gasteiger partial charge < -0.3 is 20.1 Å². The summed E-state index contributed by atoms with van der Waals surface area (Å²) in [6.45, 7) is 2.08. The van der Waals surface area contributed by atoms with Crippen LogP contribution in [0.15, 0.2) is 77.7 Å². The van der Waals surface area contributed by atoms with E-state index in [1.165, 1.54) is 23.5 Å². The van der Waals surface area contributed by atoms with Crippen molar-refractivity contribution in [2.24, 2.45) is 0 Å². The predicted octanol–water partition coefficient (Wildman–Crippen LogP) is 4.73. The van der Waals surface area contributed by atoms with Crippen LogP contribution in [0.1, 0.15) is 6.92 Å². The topological polar surface area (TPSA) is 79.9 Å². The summed E-state index contributed by atoms with van der Waals surface area (Å²) in [6.07, 6.45) is 0. The fourth-order valence-electron chi connectivity index (χ4n) is 3.12. The number of nitrogens with zero attached hydrogens (tertiary/aromatic N) is 1. The number of benzene rings is 3. The summed E-state index contributed by atoms with van der Waals surface area (Å²) in [5, 5.41) is 6.38. The zero-order valence-electron chi connectivity index (χ0n) is 18.0. The second kappa shape index (κ2) is 10.3. The second-order valence-corrected chi connectivity index (χ2v) is 8.95. The number of ether oxygens (including phenoxy) is 2. The Morgan fingerprint density at radius 3 is 2.22 bits per heavy atom. The Kier molecular flexibility index (Phi) is 7.55. The lowest BCUT2D eigenvalue weighted by Crippen LogP contribution is -2.30. The quantitative estimate of drug-likeness (QED) is 0.460. The minimum absolute atomic E-state index is 0.124. The van der Waals surface area contributed by atoms with E-state index in [2.05, 4.69) is 10.6 Å². The average molecular weight is 472 g/mol. The Morgan fingerprint density at radius 2 is 1.62 bits per heavy atom. The van der Waals surface area contributed by atoms with E-state index in [9.17, 15) is 8.42 Å². The maximum absolute atomic E-state index is 13.3. The van der Waals surface area contributed by atoms with Gasteiger partial charge in [0.2, 0.25) is 0 Å². The third-order valence-corrected chi connectivity index (χ3v) is 6.79. The van der Waals surface area contributed by atoms with Crippen molar-refractivity contribution in [1.82, 2.24) is 0 Å². The van der Waals surface area contributed by atoms with Crippen LogP contribution in [0.3, 0.4) is 0 Å². The molecule has 0 aliphatic heterocycles. The van der Waals surface area contributed by atoms with E-state index in [1.54, 1.807) is 44.4 Å². The van der Waals surface area contributed by atoms with Crippen LogP contribution in [0, 0.1) is 0 Å². The van der Waals surface area contributed by atoms with Crippen molar-refractivity contribution < 1.29 is 17.9 Å². The lowest BCUT2D eigenvalue weighted by molar-refractivity contribution is 0.415. The first-order chi connectivity index (χ1) is 15.4. The lowest BCUT2D eigenvalue weighted by Gasteiger charge is -2.23. The monoisotopic (exact) mass is 471 g/mol. The van der Waals surface area contributed by atoms with Crippen molar-refractivity contribution >= 4 is 44.4 Å². The number of para-hydroxylation sites is 1. The van der Waals surface area contributed by atoms with Crippen molar-refractivity contribution in [2.45, 2.75) is 11.8 Å². The van der Waals surface area contributed by atoms with Crippen molar-refractivity contribution in [3.63, 3.8) is 0 Å². The molecule has 0 bridgehead atoms. The number of anilines is 3. The van der Waals surface area contributed by atoms with Gasteiger partial charge in [0.15, 0.2) is 5.11 Å². The van der Waals surface area contributed by atoms with Crippen LogP contribution in [0.25, 0.3) is 0 Å². The maximum Gasteiger partial charge on any atom is 0.264 e. The molecule has 3 rings (SSSR count). The third-order valence-electron chi connectivity index (χ3n) is 4.69. The SMILES string of the molecule is CCN(c1ccccc1)S(=O)(=O)c1ccc(OC)c(NC(=S)Nc2ccc(OC)cc2)c1. The van der Waals surface area contributed by atoms with E-state index in [1.807, 2.05) is 30.3 Å². The third kappa shape index (κ3) is 5.30. The molecule has 0 radical (unpaired) electrons. The average Bonchev–Trinajstić information content (AvgIpc) is 2.80. The van der Waals surface area contributed by atoms with Gasteiger partial charge in [0.25, 0.3) is 10.0 Å². The van der Waals surface area contributed by atoms with Gasteiger partial charge in [-0.15, -0.1) is 0 Å². The molecule has 0 aliphatic rings. The second-order valence-electron chi connectivity index (χ2n) is 6.68. The molecule has 0 aromatic heterocycles. The van der Waals surface area contributed by atoms with E-state index in [-0.39, 0.29) is 4.90 Å². The van der Waals surface area contributed by atoms with Crippen LogP contribution in [0.2, 0.25) is 0 Å². The van der Waals surface area contributed by atoms with Gasteiger partial charge >= 0.3 is 0 Å². The molecule has 3 aromatic rings. The zero-order chi connectivity index (χ0) is 23.1. The molecule has 0 fully saturated rings. The predicted molar refractivity (Wildman–Crippen MR) is 132 cm³/mol. The first-order valence-corrected chi connectivity index (χ1v) is 11.7. The number of methoxy groups -OCH3 is 2. The highest BCUT2D eigenvalue weighted by molar-refractivity contribution is 7.92. The molecule has 0 aliphatic carbocycles. The molecule has 0 saturated carbocycles. The minimum Gasteiger partial charge on any atom is -0.497 e. The summed E-state index contributed by atoms with van der Waals surface area (Å²) in [5.74, 6) is 1.19. The van der Waals surface area contributed by atoms with E-state index in [0.717, 1.165) is 11.4 Å². The van der Waals surface area contributed by atoms with Gasteiger partial charge in [0, 0.05) is 12.2 Å². The fourth-order valence-corrected chi connectivity index (χ4v) is 4.85. The maximum atomic E-state index is 13.3. The Balaban J connectivity index is 1.86. The molecule has 168 valence electrons. The van der Waals surface area contributed by atoms with Gasteiger partial charge in [-0.1, -0.05) is 18.2 Å². The van der Waals surface area contributed by atoms with Crippen molar-refractivity contribution in [1.29, 1.82) is 0 Å². The lowest BCUT2D eigenvalue weighted by atomic mass is 10.3. The van der Waals surface area contributed by atoms with Crippen molar-refractivity contribution in [2.75, 3.05) is 35.7 Å². The van der Waals surface area contributed by atoms with Crippen LogP contribution in [0.4, 0.5) is 17.1 Å². The number of hydrogen-bond acceptors (Lipinski definition) is 5. The Morgan fingerprint density at radius 1 is 0.938 bits per heavy atom. The molecule has 0 atom stereocenters. The number of thiocarbonyl (C=S) groups is 1. The summed E-state index contributed by atoms with van der Waals surface area (Å²) in [5.41, 5.74) is 1.79. The van der Waals surface area contributed by atoms with E-state index in [4.69, 9.17) is 21.7 Å². The van der Waals surface area contributed by atoms with Crippen LogP contribution in [-0.4, -0.2) is 34.3 Å². The smallest absolute Gasteiger partial charge is 0.264 e. The normalized spacial score (nSPS) is 10.8. The van der Waals surface area contributed by atoms with E-state index < -0.39 is 10.0 Å². The van der Waals surface area contributed by atoms with E-state index in [0.29, 0.717) is 28.8 Å². The molecular formula is C23H25N3O4S2. The standard InChI is InChI=1S/C23H25N3O4S2/c1-4-26(18-8-6-5-7-9-18)32(27,28)20-14-15-22(30-3)21(16-20)25-23(31)24-17-10-12-19(29-2)13-11-17/h5-16H,4H2,1-3H3,(H2,24,25,31). The summed E-state index contributed by atoms with van der Waals surface area (Å²) in [7, 11) is -0.686. The summed E-state index contributed by atoms with van der Waals surface area (Å²) < 4.78 is 38.6. The molecule has 0 heterocycles. The summed E-state index contributed by atoms with van der Waals surface area (Å²) in [4.78, 5) is 0.124. The number of sulfonamides is 1. The van der Waals surface area contributed by atoms with Crippen LogP contribution in [0.5, 0.6) is 11.5 Å². The molecule has 0 saturated heterocycles. The van der Waals surface area contributed by atoms with Gasteiger partial charge in [-0.2, -0.15) is 0 Å². The number of hydrogen-bond donors (Lipinski definition) is 2. The zero-order valence-corrected chi connectivity index (χ0v) is 19.7. The Labute approximate surface area is 194 Å². The van der Waals surface area contributed by atoms with E-state index >= 15 is 0 Å². The fraction of sp³-hybridized carbons (Fsp3) is 0.174. The minimum atomic E-state index is -3.79. The van der Waals surface area contributed by atoms with Crippen LogP contribution >= 0.6 is 12.2 Å². The number of nitrogens with one attached hydrogen (secondary N) is 2. The molecule has 2 N–H and O–H groups in total. The highest BCUT2D eigenvalue weighted by Gasteiger charge is 2.24. The molecular weight excluding hydrogens is 446 g/mol. The van der Waals surface area contributed by atoms with Crippen LogP contribution < -0.4 is 24.4 Å². The molecule has 0 spiro atoms. The molecule has 9 heteroatoms. The van der Waals surface area contributed by atoms with Gasteiger partial charge in [-0.3, -0.25) is 4.31 Å². The largest absolute Gasteiger partial charge is 0.497 e. The van der Waals surface area contributed by atoms with Crippen molar-refractivity contribution in [3.8, 4) is 11.5 Å². The summed E-state index contributed by atoms with van der Waals surface area (Å²) in [6, 6.07) is 20.9. The number of rotatable bonds is 8. The van der Waals surface area contributed by atoms with Gasteiger partial charge in [-0.25, -0.2) is 8.42 Å². The molecule has 3 aromatic carbocycles. The highest BCUT2D eigenvalue weighted by Crippen LogP contribution is 2.31. The highest BCUT2D eigenvalue weighted by atomic mass is 32.2. The van der Waals surface area contributed by atoms with Gasteiger partial charge in [-0.05, 0) is 73.7 Å². The van der Waals surface area contributed by atoms with Gasteiger partial charge in [0.05, 0.1) is 30.5 Å². The Hall–Kier alpha value is -3.30. The van der Waals surface area contributed by atoms with Crippen LogP contribution in [-0.2, 0) is 10.0 Å². The molecule has 0 unspecified atom stereocenters. The first kappa shape index (κ1) is 23.4. The molecule has 32 heavy (non-hydrogen) atoms. The first-order valence-electron chi connectivity index (χ1n) is 9.87. The molecule has 0 amide bonds. The van der Waals surface area contributed by atoms with Crippen molar-refractivity contribution in [3.05, 3.63) is 72.8 Å². The summed E-state index contributed by atoms with van der Waals surface area (Å²) >= 11 is 5.41.